The Morgan fingerprint density at radius 2 is 1.54 bits per heavy atom. The van der Waals surface area contributed by atoms with Gasteiger partial charge in [0.25, 0.3) is 6.47 Å². The number of carbonyl (C=O) groups excluding carboxylic acids is 2. The van der Waals surface area contributed by atoms with E-state index in [9.17, 15) is 9.59 Å². The Hall–Kier alpha value is -3.14. The van der Waals surface area contributed by atoms with Gasteiger partial charge in [-0.2, -0.15) is 0 Å². The molecule has 4 heteroatoms. The maximum Gasteiger partial charge on any atom is 0.330 e. The highest BCUT2D eigenvalue weighted by Crippen LogP contribution is 2.23. The van der Waals surface area contributed by atoms with Gasteiger partial charge in [0, 0.05) is 6.08 Å². The zero-order valence-electron chi connectivity index (χ0n) is 15.0. The Bertz CT molecular complexity index is 700. The maximum absolute atomic E-state index is 10.9. The Labute approximate surface area is 154 Å². The monoisotopic (exact) mass is 352 g/mol. The molecule has 0 unspecified atom stereocenters. The van der Waals surface area contributed by atoms with Gasteiger partial charge in [0.2, 0.25) is 0 Å². The molecule has 26 heavy (non-hydrogen) atoms. The molecule has 0 saturated heterocycles. The number of esters is 1. The number of rotatable bonds is 8. The van der Waals surface area contributed by atoms with Gasteiger partial charge in [-0.25, -0.2) is 4.79 Å². The number of hydrogen-bond acceptors (Lipinski definition) is 4. The Kier molecular flexibility index (Phi) is 9.85. The average molecular weight is 352 g/mol. The van der Waals surface area contributed by atoms with E-state index in [0.717, 1.165) is 24.0 Å². The first kappa shape index (κ1) is 20.9. The summed E-state index contributed by atoms with van der Waals surface area (Å²) in [7, 11) is 0. The molecule has 0 aromatic heterocycles. The first-order chi connectivity index (χ1) is 12.6. The Morgan fingerprint density at radius 1 is 1.00 bits per heavy atom. The van der Waals surface area contributed by atoms with Crippen LogP contribution in [0.3, 0.4) is 0 Å². The quantitative estimate of drug-likeness (QED) is 0.226. The highest BCUT2D eigenvalue weighted by molar-refractivity contribution is 5.81. The van der Waals surface area contributed by atoms with Crippen LogP contribution >= 0.6 is 0 Å². The first-order valence-electron chi connectivity index (χ1n) is 8.30. The van der Waals surface area contributed by atoms with E-state index in [4.69, 9.17) is 9.47 Å². The number of allylic oxidation sites excluding steroid dienone is 1. The summed E-state index contributed by atoms with van der Waals surface area (Å²) in [6.45, 7) is 9.41. The van der Waals surface area contributed by atoms with Crippen LogP contribution < -0.4 is 4.74 Å². The molecular formula is C22H24O4. The maximum atomic E-state index is 10.9. The zero-order valence-corrected chi connectivity index (χ0v) is 15.0. The molecule has 0 heterocycles. The van der Waals surface area contributed by atoms with Crippen molar-refractivity contribution in [2.24, 2.45) is 0 Å². The largest absolute Gasteiger partial charge is 0.463 e. The summed E-state index contributed by atoms with van der Waals surface area (Å²) in [6.07, 6.45) is 4.54. The van der Waals surface area contributed by atoms with Crippen LogP contribution in [-0.4, -0.2) is 19.0 Å². The highest BCUT2D eigenvalue weighted by atomic mass is 16.5. The number of ether oxygens (including phenoxy) is 2. The third-order valence-electron chi connectivity index (χ3n) is 3.35. The van der Waals surface area contributed by atoms with Crippen molar-refractivity contribution in [2.45, 2.75) is 19.8 Å². The van der Waals surface area contributed by atoms with Crippen molar-refractivity contribution >= 4 is 12.4 Å². The van der Waals surface area contributed by atoms with Gasteiger partial charge in [-0.05, 0) is 48.6 Å². The van der Waals surface area contributed by atoms with Crippen molar-refractivity contribution in [3.63, 3.8) is 0 Å². The molecule has 2 rings (SSSR count). The highest BCUT2D eigenvalue weighted by Gasteiger charge is 2.01. The summed E-state index contributed by atoms with van der Waals surface area (Å²) >= 11 is 0. The van der Waals surface area contributed by atoms with E-state index in [0.29, 0.717) is 18.8 Å². The van der Waals surface area contributed by atoms with E-state index < -0.39 is 0 Å². The minimum absolute atomic E-state index is 0.387. The molecule has 0 amide bonds. The van der Waals surface area contributed by atoms with Gasteiger partial charge in [0.05, 0.1) is 6.61 Å². The standard InChI is InChI=1S/C19H18O4.C3H6/c1-2-19(21)22-13-3-4-15-5-7-16(8-6-15)17-9-11-18(12-10-17)23-14-20;1-3-2/h2,5-12,14H,1,3-4,13H2;3H,1H2,2H3. The lowest BCUT2D eigenvalue weighted by molar-refractivity contribution is -0.137. The van der Waals surface area contributed by atoms with Crippen LogP contribution in [0.15, 0.2) is 73.8 Å². The normalized spacial score (nSPS) is 9.27. The molecule has 0 N–H and O–H groups in total. The van der Waals surface area contributed by atoms with Crippen LogP contribution in [0.4, 0.5) is 0 Å². The molecular weight excluding hydrogens is 328 g/mol. The molecule has 0 spiro atoms. The van der Waals surface area contributed by atoms with Crippen LogP contribution in [-0.2, 0) is 20.7 Å². The molecule has 0 aliphatic carbocycles. The van der Waals surface area contributed by atoms with Gasteiger partial charge < -0.3 is 9.47 Å². The molecule has 0 aliphatic rings. The summed E-state index contributed by atoms with van der Waals surface area (Å²) in [5.41, 5.74) is 3.32. The van der Waals surface area contributed by atoms with Gasteiger partial charge in [-0.15, -0.1) is 6.58 Å². The minimum atomic E-state index is -0.387. The van der Waals surface area contributed by atoms with Gasteiger partial charge in [0.1, 0.15) is 5.75 Å². The second-order valence-electron chi connectivity index (χ2n) is 5.32. The summed E-state index contributed by atoms with van der Waals surface area (Å²) in [5, 5.41) is 0. The van der Waals surface area contributed by atoms with Crippen LogP contribution in [0, 0.1) is 0 Å². The predicted octanol–water partition coefficient (Wildman–Crippen LogP) is 4.74. The molecule has 136 valence electrons. The molecule has 2 aromatic carbocycles. The first-order valence-corrected chi connectivity index (χ1v) is 8.30. The van der Waals surface area contributed by atoms with Crippen LogP contribution in [0.25, 0.3) is 11.1 Å². The smallest absolute Gasteiger partial charge is 0.330 e. The topological polar surface area (TPSA) is 52.6 Å². The molecule has 0 saturated carbocycles. The predicted molar refractivity (Wildman–Crippen MR) is 104 cm³/mol. The van der Waals surface area contributed by atoms with Crippen molar-refractivity contribution in [3.05, 3.63) is 79.4 Å². The van der Waals surface area contributed by atoms with Crippen LogP contribution in [0.5, 0.6) is 5.75 Å². The molecule has 0 radical (unpaired) electrons. The van der Waals surface area contributed by atoms with E-state index in [1.165, 1.54) is 11.6 Å². The van der Waals surface area contributed by atoms with Crippen LogP contribution in [0.1, 0.15) is 18.9 Å². The molecule has 2 aromatic rings. The molecule has 0 atom stereocenters. The SMILES string of the molecule is C=CC.C=CC(=O)OCCCc1ccc(-c2ccc(OC=O)cc2)cc1. The lowest BCUT2D eigenvalue weighted by atomic mass is 10.0. The third-order valence-corrected chi connectivity index (χ3v) is 3.35. The second kappa shape index (κ2) is 12.3. The molecule has 4 nitrogen and oxygen atoms in total. The Balaban J connectivity index is 0.00000105. The van der Waals surface area contributed by atoms with E-state index in [-0.39, 0.29) is 5.97 Å². The van der Waals surface area contributed by atoms with Crippen molar-refractivity contribution < 1.29 is 19.1 Å². The summed E-state index contributed by atoms with van der Waals surface area (Å²) in [6, 6.07) is 15.5. The third kappa shape index (κ3) is 7.62. The fraction of sp³-hybridized carbons (Fsp3) is 0.182. The van der Waals surface area contributed by atoms with Gasteiger partial charge in [-0.1, -0.05) is 49.1 Å². The van der Waals surface area contributed by atoms with Crippen molar-refractivity contribution in [1.82, 2.24) is 0 Å². The fourth-order valence-corrected chi connectivity index (χ4v) is 2.15. The van der Waals surface area contributed by atoms with Crippen LogP contribution in [0.2, 0.25) is 0 Å². The van der Waals surface area contributed by atoms with E-state index >= 15 is 0 Å². The number of hydrogen-bond donors (Lipinski definition) is 0. The summed E-state index contributed by atoms with van der Waals surface area (Å²) < 4.78 is 9.72. The summed E-state index contributed by atoms with van der Waals surface area (Å²) in [4.78, 5) is 21.2. The van der Waals surface area contributed by atoms with E-state index in [1.54, 1.807) is 18.2 Å². The zero-order chi connectivity index (χ0) is 19.2. The molecule has 0 aliphatic heterocycles. The van der Waals surface area contributed by atoms with E-state index in [1.807, 2.05) is 31.2 Å². The summed E-state index contributed by atoms with van der Waals surface area (Å²) in [5.74, 6) is 0.136. The molecule has 0 fully saturated rings. The average Bonchev–Trinajstić information content (AvgIpc) is 2.67. The van der Waals surface area contributed by atoms with Crippen molar-refractivity contribution in [3.8, 4) is 16.9 Å². The lowest BCUT2D eigenvalue weighted by Crippen LogP contribution is -2.02. The van der Waals surface area contributed by atoms with Crippen molar-refractivity contribution in [1.29, 1.82) is 0 Å². The fourth-order valence-electron chi connectivity index (χ4n) is 2.15. The van der Waals surface area contributed by atoms with Gasteiger partial charge >= 0.3 is 5.97 Å². The number of aryl methyl sites for hydroxylation is 1. The lowest BCUT2D eigenvalue weighted by Gasteiger charge is -2.06. The van der Waals surface area contributed by atoms with Gasteiger partial charge in [-0.3, -0.25) is 4.79 Å². The number of benzene rings is 2. The minimum Gasteiger partial charge on any atom is -0.463 e. The van der Waals surface area contributed by atoms with E-state index in [2.05, 4.69) is 25.3 Å². The van der Waals surface area contributed by atoms with Crippen molar-refractivity contribution in [2.75, 3.05) is 6.61 Å². The number of carbonyl (C=O) groups is 2. The Morgan fingerprint density at radius 3 is 2.04 bits per heavy atom. The van der Waals surface area contributed by atoms with Gasteiger partial charge in [0.15, 0.2) is 0 Å². The second-order valence-corrected chi connectivity index (χ2v) is 5.32. The molecule has 0 bridgehead atoms.